The first kappa shape index (κ1) is 19.6. The second-order valence-corrected chi connectivity index (χ2v) is 6.75. The zero-order valence-corrected chi connectivity index (χ0v) is 16.1. The van der Waals surface area contributed by atoms with Crippen molar-refractivity contribution in [3.05, 3.63) is 63.6 Å². The molecule has 1 unspecified atom stereocenters. The lowest BCUT2D eigenvalue weighted by molar-refractivity contribution is -0.120. The van der Waals surface area contributed by atoms with E-state index < -0.39 is 0 Å². The molecule has 0 radical (unpaired) electrons. The van der Waals surface area contributed by atoms with Crippen molar-refractivity contribution in [3.8, 4) is 5.75 Å². The fourth-order valence-electron chi connectivity index (χ4n) is 2.58. The predicted molar refractivity (Wildman–Crippen MR) is 103 cm³/mol. The molecule has 0 fully saturated rings. The van der Waals surface area contributed by atoms with Gasteiger partial charge in [-0.15, -0.1) is 0 Å². The first-order valence-corrected chi connectivity index (χ1v) is 8.68. The minimum Gasteiger partial charge on any atom is -0.497 e. The number of carbonyl (C=O) groups excluding carboxylic acids is 1. The number of likely N-dealkylation sites (N-methyl/N-ethyl adjacent to an activating group) is 1. The summed E-state index contributed by atoms with van der Waals surface area (Å²) in [6, 6.07) is 13.1. The summed E-state index contributed by atoms with van der Waals surface area (Å²) in [5.41, 5.74) is 1.71. The Morgan fingerprint density at radius 1 is 1.16 bits per heavy atom. The zero-order chi connectivity index (χ0) is 18.4. The Labute approximate surface area is 158 Å². The first-order valence-electron chi connectivity index (χ1n) is 7.92. The van der Waals surface area contributed by atoms with Crippen LogP contribution in [0.1, 0.15) is 17.2 Å². The Morgan fingerprint density at radius 3 is 2.40 bits per heavy atom. The van der Waals surface area contributed by atoms with Crippen LogP contribution in [-0.2, 0) is 11.2 Å². The standard InChI is InChI=1S/C19H22Cl2N2O2/c1-23(2)18(13-6-4-7-14(10-13)25-3)12-22-19(24)11-15-16(20)8-5-9-17(15)21/h4-10,18H,11-12H2,1-3H3,(H,22,24). The topological polar surface area (TPSA) is 41.6 Å². The normalized spacial score (nSPS) is 12.1. The van der Waals surface area contributed by atoms with Gasteiger partial charge >= 0.3 is 0 Å². The van der Waals surface area contributed by atoms with Crippen LogP contribution in [0.5, 0.6) is 5.75 Å². The molecule has 0 aliphatic carbocycles. The third-order valence-electron chi connectivity index (χ3n) is 3.99. The van der Waals surface area contributed by atoms with Gasteiger partial charge in [-0.1, -0.05) is 41.4 Å². The Hall–Kier alpha value is -1.75. The molecule has 0 aliphatic heterocycles. The van der Waals surface area contributed by atoms with Gasteiger partial charge in [-0.2, -0.15) is 0 Å². The highest BCUT2D eigenvalue weighted by atomic mass is 35.5. The van der Waals surface area contributed by atoms with Gasteiger partial charge in [0, 0.05) is 16.6 Å². The van der Waals surface area contributed by atoms with E-state index in [2.05, 4.69) is 10.2 Å². The Morgan fingerprint density at radius 2 is 1.80 bits per heavy atom. The van der Waals surface area contributed by atoms with Gasteiger partial charge in [-0.05, 0) is 49.5 Å². The second kappa shape index (κ2) is 9.09. The maximum Gasteiger partial charge on any atom is 0.224 e. The third kappa shape index (κ3) is 5.36. The van der Waals surface area contributed by atoms with Crippen molar-refractivity contribution in [3.63, 3.8) is 0 Å². The molecule has 0 aliphatic rings. The lowest BCUT2D eigenvalue weighted by Gasteiger charge is -2.25. The van der Waals surface area contributed by atoms with Crippen LogP contribution in [-0.4, -0.2) is 38.6 Å². The average Bonchev–Trinajstić information content (AvgIpc) is 2.58. The van der Waals surface area contributed by atoms with Crippen LogP contribution in [0.25, 0.3) is 0 Å². The number of amides is 1. The van der Waals surface area contributed by atoms with E-state index in [0.29, 0.717) is 22.2 Å². The molecule has 0 saturated carbocycles. The summed E-state index contributed by atoms with van der Waals surface area (Å²) in [6.45, 7) is 0.473. The number of carbonyl (C=O) groups is 1. The van der Waals surface area contributed by atoms with Gasteiger partial charge in [0.2, 0.25) is 5.91 Å². The van der Waals surface area contributed by atoms with Crippen molar-refractivity contribution in [1.82, 2.24) is 10.2 Å². The number of halogens is 2. The highest BCUT2D eigenvalue weighted by Gasteiger charge is 2.17. The van der Waals surface area contributed by atoms with Crippen molar-refractivity contribution < 1.29 is 9.53 Å². The first-order chi connectivity index (χ1) is 11.9. The van der Waals surface area contributed by atoms with Crippen LogP contribution in [0.2, 0.25) is 10.0 Å². The van der Waals surface area contributed by atoms with Crippen LogP contribution in [0, 0.1) is 0 Å². The maximum absolute atomic E-state index is 12.3. The maximum atomic E-state index is 12.3. The summed E-state index contributed by atoms with van der Waals surface area (Å²) in [6.07, 6.45) is 0.150. The molecule has 0 heterocycles. The summed E-state index contributed by atoms with van der Waals surface area (Å²) in [7, 11) is 5.58. The number of nitrogens with zero attached hydrogens (tertiary/aromatic N) is 1. The van der Waals surface area contributed by atoms with Crippen LogP contribution in [0.15, 0.2) is 42.5 Å². The molecule has 0 aromatic heterocycles. The smallest absolute Gasteiger partial charge is 0.224 e. The van der Waals surface area contributed by atoms with E-state index in [9.17, 15) is 4.79 Å². The molecule has 4 nitrogen and oxygen atoms in total. The number of benzene rings is 2. The van der Waals surface area contributed by atoms with E-state index in [1.807, 2.05) is 38.4 Å². The van der Waals surface area contributed by atoms with E-state index in [0.717, 1.165) is 11.3 Å². The van der Waals surface area contributed by atoms with Crippen molar-refractivity contribution in [2.45, 2.75) is 12.5 Å². The van der Waals surface area contributed by atoms with E-state index in [4.69, 9.17) is 27.9 Å². The summed E-state index contributed by atoms with van der Waals surface area (Å²) in [5, 5.41) is 3.96. The molecule has 0 saturated heterocycles. The largest absolute Gasteiger partial charge is 0.497 e. The third-order valence-corrected chi connectivity index (χ3v) is 4.70. The summed E-state index contributed by atoms with van der Waals surface area (Å²) in [5.74, 6) is 0.670. The number of hydrogen-bond acceptors (Lipinski definition) is 3. The van der Waals surface area contributed by atoms with Gasteiger partial charge < -0.3 is 15.0 Å². The van der Waals surface area contributed by atoms with Crippen LogP contribution in [0.4, 0.5) is 0 Å². The quantitative estimate of drug-likeness (QED) is 0.789. The number of rotatable bonds is 7. The molecule has 2 aromatic rings. The van der Waals surface area contributed by atoms with Crippen LogP contribution in [0.3, 0.4) is 0 Å². The number of nitrogens with one attached hydrogen (secondary N) is 1. The van der Waals surface area contributed by atoms with Gasteiger partial charge in [0.25, 0.3) is 0 Å². The molecule has 1 N–H and O–H groups in total. The van der Waals surface area contributed by atoms with Crippen molar-refractivity contribution >= 4 is 29.1 Å². The van der Waals surface area contributed by atoms with Crippen molar-refractivity contribution in [2.75, 3.05) is 27.7 Å². The lowest BCUT2D eigenvalue weighted by Crippen LogP contribution is -2.35. The highest BCUT2D eigenvalue weighted by molar-refractivity contribution is 6.36. The van der Waals surface area contributed by atoms with Gasteiger partial charge in [0.05, 0.1) is 19.6 Å². The van der Waals surface area contributed by atoms with Gasteiger partial charge in [-0.3, -0.25) is 4.79 Å². The highest BCUT2D eigenvalue weighted by Crippen LogP contribution is 2.25. The second-order valence-electron chi connectivity index (χ2n) is 5.94. The molecular weight excluding hydrogens is 359 g/mol. The number of ether oxygens (including phenoxy) is 1. The Balaban J connectivity index is 2.04. The van der Waals surface area contributed by atoms with E-state index in [1.54, 1.807) is 25.3 Å². The lowest BCUT2D eigenvalue weighted by atomic mass is 10.1. The van der Waals surface area contributed by atoms with Gasteiger partial charge in [0.15, 0.2) is 0 Å². The molecule has 25 heavy (non-hydrogen) atoms. The van der Waals surface area contributed by atoms with Crippen molar-refractivity contribution in [2.24, 2.45) is 0 Å². The predicted octanol–water partition coefficient (Wildman–Crippen LogP) is 3.96. The van der Waals surface area contributed by atoms with Gasteiger partial charge in [0.1, 0.15) is 5.75 Å². The molecule has 2 rings (SSSR count). The Bertz CT molecular complexity index is 715. The minimum absolute atomic E-state index is 0.0285. The van der Waals surface area contributed by atoms with Crippen LogP contribution >= 0.6 is 23.2 Å². The van der Waals surface area contributed by atoms with E-state index >= 15 is 0 Å². The summed E-state index contributed by atoms with van der Waals surface area (Å²) >= 11 is 12.3. The van der Waals surface area contributed by atoms with E-state index in [-0.39, 0.29) is 18.4 Å². The molecule has 2 aromatic carbocycles. The zero-order valence-electron chi connectivity index (χ0n) is 14.6. The molecule has 134 valence electrons. The van der Waals surface area contributed by atoms with E-state index in [1.165, 1.54) is 0 Å². The average molecular weight is 381 g/mol. The fraction of sp³-hybridized carbons (Fsp3) is 0.316. The van der Waals surface area contributed by atoms with Gasteiger partial charge in [-0.25, -0.2) is 0 Å². The molecule has 0 spiro atoms. The fourth-order valence-corrected chi connectivity index (χ4v) is 3.11. The molecule has 1 atom stereocenters. The number of hydrogen-bond donors (Lipinski definition) is 1. The van der Waals surface area contributed by atoms with Crippen LogP contribution < -0.4 is 10.1 Å². The molecule has 6 heteroatoms. The molecule has 0 bridgehead atoms. The molecule has 1 amide bonds. The summed E-state index contributed by atoms with van der Waals surface area (Å²) in [4.78, 5) is 14.4. The molecular formula is C19H22Cl2N2O2. The minimum atomic E-state index is -0.121. The monoisotopic (exact) mass is 380 g/mol. The summed E-state index contributed by atoms with van der Waals surface area (Å²) < 4.78 is 5.28. The number of methoxy groups -OCH3 is 1. The van der Waals surface area contributed by atoms with Crippen molar-refractivity contribution in [1.29, 1.82) is 0 Å². The Kier molecular flexibility index (Phi) is 7.12. The SMILES string of the molecule is COc1cccc(C(CNC(=O)Cc2c(Cl)cccc2Cl)N(C)C)c1.